The molecule has 0 aromatic heterocycles. The molecule has 3 heteroatoms. The first-order valence-corrected chi connectivity index (χ1v) is 8.38. The summed E-state index contributed by atoms with van der Waals surface area (Å²) in [5, 5.41) is 0. The van der Waals surface area contributed by atoms with Gasteiger partial charge in [0.2, 0.25) is 0 Å². The fraction of sp³-hybridized carbons (Fsp3) is 1.00. The van der Waals surface area contributed by atoms with E-state index in [0.29, 0.717) is 0 Å². The van der Waals surface area contributed by atoms with Crippen molar-refractivity contribution in [2.45, 2.75) is 57.8 Å². The van der Waals surface area contributed by atoms with E-state index in [0.717, 1.165) is 16.8 Å². The van der Waals surface area contributed by atoms with E-state index in [1.807, 2.05) is 0 Å². The number of nitrogens with two attached hydrogens (primary N) is 1. The Balaban J connectivity index is 3.16. The Labute approximate surface area is 120 Å². The largest absolute Gasteiger partial charge is 0.330 e. The third kappa shape index (κ3) is 12.7. The Morgan fingerprint density at radius 1 is 0.722 bits per heavy atom. The van der Waals surface area contributed by atoms with Gasteiger partial charge in [0.15, 0.2) is 0 Å². The first-order valence-electron chi connectivity index (χ1n) is 7.75. The Morgan fingerprint density at radius 3 is 1.61 bits per heavy atom. The van der Waals surface area contributed by atoms with Gasteiger partial charge in [0.25, 0.3) is 0 Å². The monoisotopic (exact) mass is 275 g/mol. The van der Waals surface area contributed by atoms with Crippen LogP contribution in [0.25, 0.3) is 0 Å². The van der Waals surface area contributed by atoms with E-state index in [4.69, 9.17) is 5.73 Å². The van der Waals surface area contributed by atoms with Crippen LogP contribution in [-0.2, 0) is 0 Å². The summed E-state index contributed by atoms with van der Waals surface area (Å²) in [6.07, 6.45) is 12.3. The maximum Gasteiger partial charge on any atom is 0.0871 e. The Hall–Kier alpha value is 0.270. The topological polar surface area (TPSA) is 26.0 Å². The lowest BCUT2D eigenvalue weighted by atomic mass is 10.1. The van der Waals surface area contributed by atoms with Crippen LogP contribution in [0.3, 0.4) is 0 Å². The zero-order chi connectivity index (χ0) is 13.7. The average Bonchev–Trinajstić information content (AvgIpc) is 2.31. The van der Waals surface area contributed by atoms with Crippen molar-refractivity contribution < 1.29 is 4.48 Å². The standard InChI is InChI=1S/C15H34N2S/c1-17(2,14-15-18)13-11-9-7-5-3-4-6-8-10-12-16/h3-16H2,1-2H3/p+1. The van der Waals surface area contributed by atoms with E-state index in [1.54, 1.807) is 0 Å². The van der Waals surface area contributed by atoms with Crippen LogP contribution in [0.15, 0.2) is 0 Å². The van der Waals surface area contributed by atoms with Gasteiger partial charge >= 0.3 is 0 Å². The Morgan fingerprint density at radius 2 is 1.17 bits per heavy atom. The molecule has 0 bridgehead atoms. The highest BCUT2D eigenvalue weighted by Gasteiger charge is 2.12. The molecule has 0 heterocycles. The minimum atomic E-state index is 0.861. The fourth-order valence-electron chi connectivity index (χ4n) is 2.30. The number of unbranched alkanes of at least 4 members (excludes halogenated alkanes) is 8. The minimum Gasteiger partial charge on any atom is -0.330 e. The molecule has 2 N–H and O–H groups in total. The quantitative estimate of drug-likeness (QED) is 0.300. The highest BCUT2D eigenvalue weighted by molar-refractivity contribution is 7.80. The normalized spacial score (nSPS) is 12.0. The highest BCUT2D eigenvalue weighted by Crippen LogP contribution is 2.10. The molecule has 0 atom stereocenters. The van der Waals surface area contributed by atoms with Crippen molar-refractivity contribution >= 4 is 12.6 Å². The van der Waals surface area contributed by atoms with Crippen molar-refractivity contribution in [2.24, 2.45) is 5.73 Å². The first kappa shape index (κ1) is 18.3. The van der Waals surface area contributed by atoms with Crippen LogP contribution in [0.2, 0.25) is 0 Å². The van der Waals surface area contributed by atoms with Crippen LogP contribution < -0.4 is 5.73 Å². The Bertz CT molecular complexity index is 172. The zero-order valence-electron chi connectivity index (χ0n) is 12.7. The molecule has 0 aliphatic heterocycles. The van der Waals surface area contributed by atoms with Gasteiger partial charge in [0.05, 0.1) is 27.2 Å². The molecule has 0 aliphatic rings. The summed E-state index contributed by atoms with van der Waals surface area (Å²) in [5.74, 6) is 0.996. The summed E-state index contributed by atoms with van der Waals surface area (Å²) in [4.78, 5) is 0. The molecule has 110 valence electrons. The highest BCUT2D eigenvalue weighted by atomic mass is 32.1. The lowest BCUT2D eigenvalue weighted by Gasteiger charge is -2.29. The molecule has 0 aromatic rings. The SMILES string of the molecule is C[N+](C)(CCS)CCCCCCCCCCCN. The van der Waals surface area contributed by atoms with E-state index >= 15 is 0 Å². The molecule has 0 saturated carbocycles. The van der Waals surface area contributed by atoms with Gasteiger partial charge in [-0.25, -0.2) is 0 Å². The Kier molecular flexibility index (Phi) is 12.5. The molecule has 0 rings (SSSR count). The predicted octanol–water partition coefficient (Wildman–Crippen LogP) is 3.46. The average molecular weight is 276 g/mol. The van der Waals surface area contributed by atoms with Gasteiger partial charge < -0.3 is 10.2 Å². The van der Waals surface area contributed by atoms with Crippen molar-refractivity contribution in [3.8, 4) is 0 Å². The summed E-state index contributed by atoms with van der Waals surface area (Å²) in [6.45, 7) is 3.35. The van der Waals surface area contributed by atoms with Gasteiger partial charge in [-0.2, -0.15) is 12.6 Å². The molecular formula is C15H35N2S+. The first-order chi connectivity index (χ1) is 8.62. The maximum absolute atomic E-state index is 5.47. The van der Waals surface area contributed by atoms with Crippen molar-refractivity contribution in [3.05, 3.63) is 0 Å². The number of hydrogen-bond acceptors (Lipinski definition) is 2. The minimum absolute atomic E-state index is 0.861. The second-order valence-corrected chi connectivity index (χ2v) is 6.52. The van der Waals surface area contributed by atoms with Crippen LogP contribution in [-0.4, -0.2) is 44.0 Å². The fourth-order valence-corrected chi connectivity index (χ4v) is 2.85. The van der Waals surface area contributed by atoms with Crippen LogP contribution >= 0.6 is 12.6 Å². The molecule has 0 radical (unpaired) electrons. The van der Waals surface area contributed by atoms with Gasteiger partial charge in [-0.15, -0.1) is 0 Å². The van der Waals surface area contributed by atoms with E-state index < -0.39 is 0 Å². The number of nitrogens with zero attached hydrogens (tertiary/aromatic N) is 1. The lowest BCUT2D eigenvalue weighted by molar-refractivity contribution is -0.888. The van der Waals surface area contributed by atoms with Gasteiger partial charge in [0, 0.05) is 5.75 Å². The smallest absolute Gasteiger partial charge is 0.0871 e. The predicted molar refractivity (Wildman–Crippen MR) is 86.3 cm³/mol. The summed E-state index contributed by atoms with van der Waals surface area (Å²) in [7, 11) is 4.63. The van der Waals surface area contributed by atoms with Crippen LogP contribution in [0.5, 0.6) is 0 Å². The molecule has 2 nitrogen and oxygen atoms in total. The molecule has 0 spiro atoms. The number of hydrogen-bond donors (Lipinski definition) is 2. The summed E-state index contributed by atoms with van der Waals surface area (Å²) in [6, 6.07) is 0. The summed E-state index contributed by atoms with van der Waals surface area (Å²) < 4.78 is 1.13. The molecular weight excluding hydrogens is 240 g/mol. The van der Waals surface area contributed by atoms with E-state index in [1.165, 1.54) is 70.9 Å². The van der Waals surface area contributed by atoms with Gasteiger partial charge in [-0.3, -0.25) is 0 Å². The van der Waals surface area contributed by atoms with E-state index in [2.05, 4.69) is 26.7 Å². The second kappa shape index (κ2) is 12.3. The molecule has 18 heavy (non-hydrogen) atoms. The van der Waals surface area contributed by atoms with Gasteiger partial charge in [-0.05, 0) is 25.8 Å². The summed E-state index contributed by atoms with van der Waals surface area (Å²) >= 11 is 4.32. The van der Waals surface area contributed by atoms with E-state index in [9.17, 15) is 0 Å². The third-order valence-corrected chi connectivity index (χ3v) is 3.87. The zero-order valence-corrected chi connectivity index (χ0v) is 13.6. The maximum atomic E-state index is 5.47. The lowest BCUT2D eigenvalue weighted by Crippen LogP contribution is -2.41. The van der Waals surface area contributed by atoms with Crippen molar-refractivity contribution in [2.75, 3.05) is 39.5 Å². The number of rotatable bonds is 13. The molecule has 0 fully saturated rings. The molecule has 0 aromatic carbocycles. The van der Waals surface area contributed by atoms with Gasteiger partial charge in [0.1, 0.15) is 0 Å². The van der Waals surface area contributed by atoms with Crippen LogP contribution in [0.4, 0.5) is 0 Å². The molecule has 0 aliphatic carbocycles. The molecule has 0 saturated heterocycles. The number of quaternary nitrogens is 1. The third-order valence-electron chi connectivity index (χ3n) is 3.67. The van der Waals surface area contributed by atoms with E-state index in [-0.39, 0.29) is 0 Å². The van der Waals surface area contributed by atoms with Gasteiger partial charge in [-0.1, -0.05) is 38.5 Å². The van der Waals surface area contributed by atoms with Crippen LogP contribution in [0.1, 0.15) is 57.8 Å². The van der Waals surface area contributed by atoms with Crippen molar-refractivity contribution in [1.82, 2.24) is 0 Å². The number of thiol groups is 1. The van der Waals surface area contributed by atoms with Crippen molar-refractivity contribution in [3.63, 3.8) is 0 Å². The molecule has 0 unspecified atom stereocenters. The van der Waals surface area contributed by atoms with Crippen LogP contribution in [0, 0.1) is 0 Å². The summed E-state index contributed by atoms with van der Waals surface area (Å²) in [5.41, 5.74) is 5.47. The molecule has 0 amide bonds. The second-order valence-electron chi connectivity index (χ2n) is 6.08. The van der Waals surface area contributed by atoms with Crippen molar-refractivity contribution in [1.29, 1.82) is 0 Å².